The van der Waals surface area contributed by atoms with E-state index in [4.69, 9.17) is 5.73 Å². The van der Waals surface area contributed by atoms with Crippen LogP contribution in [0.5, 0.6) is 0 Å². The molecule has 4 N–H and O–H groups in total. The van der Waals surface area contributed by atoms with Gasteiger partial charge in [0.05, 0.1) is 6.10 Å². The van der Waals surface area contributed by atoms with E-state index in [-0.39, 0.29) is 6.10 Å². The molecule has 0 saturated heterocycles. The molecule has 1 aromatic carbocycles. The van der Waals surface area contributed by atoms with Crippen LogP contribution in [0.3, 0.4) is 0 Å². The molecule has 2 rings (SSSR count). The molecule has 23 heavy (non-hydrogen) atoms. The molecule has 0 radical (unpaired) electrons. The van der Waals surface area contributed by atoms with E-state index in [0.29, 0.717) is 25.2 Å². The Bertz CT molecular complexity index is 617. The van der Waals surface area contributed by atoms with Gasteiger partial charge in [-0.25, -0.2) is 0 Å². The third kappa shape index (κ3) is 5.81. The Balaban J connectivity index is 1.68. The minimum Gasteiger partial charge on any atom is -0.392 e. The van der Waals surface area contributed by atoms with E-state index < -0.39 is 5.91 Å². The predicted molar refractivity (Wildman–Crippen MR) is 90.1 cm³/mol. The summed E-state index contributed by atoms with van der Waals surface area (Å²) >= 11 is 0. The number of aliphatic hydroxyl groups excluding tert-OH is 1. The number of hydrogen-bond acceptors (Lipinski definition) is 4. The topological polar surface area (TPSA) is 88.2 Å². The Morgan fingerprint density at radius 3 is 2.70 bits per heavy atom. The number of benzene rings is 1. The van der Waals surface area contributed by atoms with E-state index in [1.807, 2.05) is 24.3 Å². The fraction of sp³-hybridized carbons (Fsp3) is 0.333. The minimum atomic E-state index is -0.511. The Kier molecular flexibility index (Phi) is 6.72. The van der Waals surface area contributed by atoms with Gasteiger partial charge in [0.15, 0.2) is 0 Å². The summed E-state index contributed by atoms with van der Waals surface area (Å²) in [6, 6.07) is 13.8. The van der Waals surface area contributed by atoms with Gasteiger partial charge in [0.2, 0.25) is 0 Å². The molecular formula is C18H23N3O2. The van der Waals surface area contributed by atoms with Gasteiger partial charge >= 0.3 is 0 Å². The van der Waals surface area contributed by atoms with Crippen LogP contribution in [-0.4, -0.2) is 35.2 Å². The number of hydrogen-bond donors (Lipinski definition) is 3. The van der Waals surface area contributed by atoms with Gasteiger partial charge < -0.3 is 16.2 Å². The van der Waals surface area contributed by atoms with Crippen molar-refractivity contribution in [2.45, 2.75) is 25.4 Å². The van der Waals surface area contributed by atoms with Crippen molar-refractivity contribution in [1.29, 1.82) is 0 Å². The van der Waals surface area contributed by atoms with Crippen molar-refractivity contribution in [3.05, 3.63) is 65.5 Å². The molecule has 1 aromatic heterocycles. The van der Waals surface area contributed by atoms with E-state index in [9.17, 15) is 9.90 Å². The maximum atomic E-state index is 11.3. The van der Waals surface area contributed by atoms with Gasteiger partial charge in [-0.05, 0) is 43.0 Å². The summed E-state index contributed by atoms with van der Waals surface area (Å²) in [6.07, 6.45) is 3.40. The summed E-state index contributed by atoms with van der Waals surface area (Å²) in [5.74, 6) is -0.511. The van der Waals surface area contributed by atoms with Crippen molar-refractivity contribution in [2.75, 3.05) is 13.1 Å². The quantitative estimate of drug-likeness (QED) is 0.609. The molecule has 1 amide bonds. The van der Waals surface area contributed by atoms with Crippen LogP contribution in [-0.2, 0) is 12.8 Å². The molecule has 1 atom stereocenters. The van der Waals surface area contributed by atoms with Crippen LogP contribution in [0, 0.1) is 0 Å². The van der Waals surface area contributed by atoms with Gasteiger partial charge in [0.1, 0.15) is 5.69 Å². The number of aromatic nitrogens is 1. The third-order valence-electron chi connectivity index (χ3n) is 3.68. The normalized spacial score (nSPS) is 12.0. The fourth-order valence-corrected chi connectivity index (χ4v) is 2.43. The fourth-order valence-electron chi connectivity index (χ4n) is 2.43. The average Bonchev–Trinajstić information content (AvgIpc) is 2.58. The molecule has 122 valence electrons. The van der Waals surface area contributed by atoms with Crippen LogP contribution in [0.25, 0.3) is 0 Å². The van der Waals surface area contributed by atoms with Crippen LogP contribution in [0.2, 0.25) is 0 Å². The number of pyridine rings is 1. The van der Waals surface area contributed by atoms with E-state index in [0.717, 1.165) is 18.4 Å². The first kappa shape index (κ1) is 17.1. The summed E-state index contributed by atoms with van der Waals surface area (Å²) in [4.78, 5) is 15.3. The molecule has 0 aliphatic heterocycles. The SMILES string of the molecule is NC(=O)c1ncccc1CCNC[C@H](O)CCc1ccccc1. The van der Waals surface area contributed by atoms with Crippen LogP contribution in [0.4, 0.5) is 0 Å². The van der Waals surface area contributed by atoms with Crippen LogP contribution < -0.4 is 11.1 Å². The van der Waals surface area contributed by atoms with Crippen molar-refractivity contribution < 1.29 is 9.90 Å². The number of carbonyl (C=O) groups excluding carboxylic acids is 1. The first-order valence-electron chi connectivity index (χ1n) is 7.83. The van der Waals surface area contributed by atoms with Crippen molar-refractivity contribution >= 4 is 5.91 Å². The van der Waals surface area contributed by atoms with Gasteiger partial charge in [-0.1, -0.05) is 36.4 Å². The van der Waals surface area contributed by atoms with E-state index >= 15 is 0 Å². The molecule has 0 fully saturated rings. The highest BCUT2D eigenvalue weighted by molar-refractivity contribution is 5.92. The predicted octanol–water partition coefficient (Wildman–Crippen LogP) is 1.31. The lowest BCUT2D eigenvalue weighted by atomic mass is 10.1. The number of carbonyl (C=O) groups is 1. The van der Waals surface area contributed by atoms with Crippen molar-refractivity contribution in [1.82, 2.24) is 10.3 Å². The second kappa shape index (κ2) is 9.02. The number of amides is 1. The zero-order valence-corrected chi connectivity index (χ0v) is 13.1. The smallest absolute Gasteiger partial charge is 0.267 e. The lowest BCUT2D eigenvalue weighted by Gasteiger charge is -2.12. The van der Waals surface area contributed by atoms with Gasteiger partial charge in [-0.3, -0.25) is 9.78 Å². The number of nitrogens with zero attached hydrogens (tertiary/aromatic N) is 1. The van der Waals surface area contributed by atoms with Crippen molar-refractivity contribution in [3.8, 4) is 0 Å². The minimum absolute atomic E-state index is 0.318. The molecule has 0 unspecified atom stereocenters. The molecule has 1 heterocycles. The van der Waals surface area contributed by atoms with Crippen molar-refractivity contribution in [3.63, 3.8) is 0 Å². The van der Waals surface area contributed by atoms with Crippen LogP contribution in [0.1, 0.15) is 28.0 Å². The van der Waals surface area contributed by atoms with Crippen molar-refractivity contribution in [2.24, 2.45) is 5.73 Å². The highest BCUT2D eigenvalue weighted by Crippen LogP contribution is 2.06. The lowest BCUT2D eigenvalue weighted by Crippen LogP contribution is -2.29. The molecular weight excluding hydrogens is 290 g/mol. The largest absolute Gasteiger partial charge is 0.392 e. The number of nitrogens with one attached hydrogen (secondary N) is 1. The summed E-state index contributed by atoms with van der Waals surface area (Å²) in [5.41, 5.74) is 7.67. The molecule has 0 saturated carbocycles. The molecule has 0 aliphatic carbocycles. The highest BCUT2D eigenvalue weighted by atomic mass is 16.3. The second-order valence-electron chi connectivity index (χ2n) is 5.51. The second-order valence-corrected chi connectivity index (χ2v) is 5.51. The Morgan fingerprint density at radius 1 is 1.17 bits per heavy atom. The Hall–Kier alpha value is -2.24. The third-order valence-corrected chi connectivity index (χ3v) is 3.68. The number of aryl methyl sites for hydroxylation is 1. The van der Waals surface area contributed by atoms with Gasteiger partial charge in [-0.15, -0.1) is 0 Å². The number of primary amides is 1. The zero-order valence-electron chi connectivity index (χ0n) is 13.1. The molecule has 0 bridgehead atoms. The molecule has 5 nitrogen and oxygen atoms in total. The molecule has 5 heteroatoms. The maximum absolute atomic E-state index is 11.3. The van der Waals surface area contributed by atoms with E-state index in [1.54, 1.807) is 12.3 Å². The molecule has 0 spiro atoms. The Morgan fingerprint density at radius 2 is 1.96 bits per heavy atom. The summed E-state index contributed by atoms with van der Waals surface area (Å²) in [6.45, 7) is 1.19. The summed E-state index contributed by atoms with van der Waals surface area (Å²) in [7, 11) is 0. The van der Waals surface area contributed by atoms with E-state index in [1.165, 1.54) is 5.56 Å². The van der Waals surface area contributed by atoms with Gasteiger partial charge in [0.25, 0.3) is 5.91 Å². The lowest BCUT2D eigenvalue weighted by molar-refractivity contribution is 0.0994. The monoisotopic (exact) mass is 313 g/mol. The standard InChI is InChI=1S/C18H23N3O2/c19-18(23)17-15(7-4-11-21-17)10-12-20-13-16(22)9-8-14-5-2-1-3-6-14/h1-7,11,16,20,22H,8-10,12-13H2,(H2,19,23)/t16-/m1/s1. The number of aliphatic hydroxyl groups is 1. The summed E-state index contributed by atoms with van der Waals surface area (Å²) < 4.78 is 0. The van der Waals surface area contributed by atoms with Crippen LogP contribution >= 0.6 is 0 Å². The zero-order chi connectivity index (χ0) is 16.5. The molecule has 0 aliphatic rings. The first-order chi connectivity index (χ1) is 11.2. The van der Waals surface area contributed by atoms with Gasteiger partial charge in [0, 0.05) is 12.7 Å². The first-order valence-corrected chi connectivity index (χ1v) is 7.83. The van der Waals surface area contributed by atoms with Gasteiger partial charge in [-0.2, -0.15) is 0 Å². The number of rotatable bonds is 9. The van der Waals surface area contributed by atoms with Crippen LogP contribution in [0.15, 0.2) is 48.7 Å². The maximum Gasteiger partial charge on any atom is 0.267 e. The van der Waals surface area contributed by atoms with E-state index in [2.05, 4.69) is 22.4 Å². The average molecular weight is 313 g/mol. The number of nitrogens with two attached hydrogens (primary N) is 1. The summed E-state index contributed by atoms with van der Waals surface area (Å²) in [5, 5.41) is 13.2. The highest BCUT2D eigenvalue weighted by Gasteiger charge is 2.09. The Labute approximate surface area is 136 Å². The molecule has 2 aromatic rings.